The van der Waals surface area contributed by atoms with Gasteiger partial charge in [-0.15, -0.1) is 0 Å². The van der Waals surface area contributed by atoms with Gasteiger partial charge < -0.3 is 10.2 Å². The molecule has 94 valence electrons. The molecule has 2 heterocycles. The fraction of sp³-hybridized carbons (Fsp3) is 0.429. The lowest BCUT2D eigenvalue weighted by atomic mass is 10.1. The fourth-order valence-electron chi connectivity index (χ4n) is 2.60. The van der Waals surface area contributed by atoms with Gasteiger partial charge in [0.15, 0.2) is 0 Å². The van der Waals surface area contributed by atoms with Crippen LogP contribution in [0.3, 0.4) is 0 Å². The highest BCUT2D eigenvalue weighted by atomic mass is 15.3. The number of fused-ring (bicyclic) bond motifs is 1. The standard InChI is InChI=1S/C14H18N4/c1-10-8-18(9-11(2)16-10)14-15-7-12-5-3-4-6-13(12)17-14/h3-7,10-11,16H,8-9H2,1-2H3/t10-,11-/m1/s1. The lowest BCUT2D eigenvalue weighted by molar-refractivity contribution is 0.403. The van der Waals surface area contributed by atoms with E-state index in [1.807, 2.05) is 30.5 Å². The van der Waals surface area contributed by atoms with Gasteiger partial charge in [-0.3, -0.25) is 0 Å². The topological polar surface area (TPSA) is 41.1 Å². The van der Waals surface area contributed by atoms with Crippen LogP contribution in [0.15, 0.2) is 30.5 Å². The van der Waals surface area contributed by atoms with Crippen LogP contribution in [0.5, 0.6) is 0 Å². The molecule has 1 fully saturated rings. The van der Waals surface area contributed by atoms with Crippen molar-refractivity contribution in [2.24, 2.45) is 0 Å². The van der Waals surface area contributed by atoms with E-state index in [9.17, 15) is 0 Å². The third-order valence-electron chi connectivity index (χ3n) is 3.32. The summed E-state index contributed by atoms with van der Waals surface area (Å²) < 4.78 is 0. The van der Waals surface area contributed by atoms with E-state index >= 15 is 0 Å². The van der Waals surface area contributed by atoms with Gasteiger partial charge in [-0.05, 0) is 19.9 Å². The smallest absolute Gasteiger partial charge is 0.225 e. The van der Waals surface area contributed by atoms with E-state index in [-0.39, 0.29) is 0 Å². The van der Waals surface area contributed by atoms with Crippen molar-refractivity contribution in [3.05, 3.63) is 30.5 Å². The lowest BCUT2D eigenvalue weighted by Gasteiger charge is -2.36. The summed E-state index contributed by atoms with van der Waals surface area (Å²) in [7, 11) is 0. The molecule has 0 radical (unpaired) electrons. The average molecular weight is 242 g/mol. The number of aromatic nitrogens is 2. The maximum Gasteiger partial charge on any atom is 0.225 e. The predicted octanol–water partition coefficient (Wildman–Crippen LogP) is 1.82. The minimum atomic E-state index is 0.476. The Kier molecular flexibility index (Phi) is 2.88. The number of nitrogens with zero attached hydrogens (tertiary/aromatic N) is 3. The number of nitrogens with one attached hydrogen (secondary N) is 1. The molecule has 1 aliphatic heterocycles. The molecule has 2 aromatic rings. The normalized spacial score (nSPS) is 24.4. The molecule has 1 N–H and O–H groups in total. The molecule has 0 unspecified atom stereocenters. The van der Waals surface area contributed by atoms with Crippen LogP contribution >= 0.6 is 0 Å². The van der Waals surface area contributed by atoms with Crippen molar-refractivity contribution in [2.75, 3.05) is 18.0 Å². The molecular formula is C14H18N4. The molecule has 1 aliphatic rings. The van der Waals surface area contributed by atoms with Gasteiger partial charge in [-0.25, -0.2) is 9.97 Å². The predicted molar refractivity (Wildman–Crippen MR) is 73.8 cm³/mol. The van der Waals surface area contributed by atoms with Crippen molar-refractivity contribution in [2.45, 2.75) is 25.9 Å². The molecule has 18 heavy (non-hydrogen) atoms. The maximum absolute atomic E-state index is 4.65. The SMILES string of the molecule is C[C@@H]1CN(c2ncc3ccccc3n2)C[C@@H](C)N1. The second-order valence-electron chi connectivity index (χ2n) is 5.10. The molecule has 2 atom stereocenters. The summed E-state index contributed by atoms with van der Waals surface area (Å²) in [5.41, 5.74) is 1.02. The highest BCUT2D eigenvalue weighted by molar-refractivity contribution is 5.78. The van der Waals surface area contributed by atoms with Crippen LogP contribution in [0.25, 0.3) is 10.9 Å². The van der Waals surface area contributed by atoms with E-state index < -0.39 is 0 Å². The van der Waals surface area contributed by atoms with Gasteiger partial charge in [0.05, 0.1) is 5.52 Å². The van der Waals surface area contributed by atoms with Gasteiger partial charge >= 0.3 is 0 Å². The van der Waals surface area contributed by atoms with Crippen molar-refractivity contribution < 1.29 is 0 Å². The Morgan fingerprint density at radius 1 is 1.17 bits per heavy atom. The fourth-order valence-corrected chi connectivity index (χ4v) is 2.60. The molecular weight excluding hydrogens is 224 g/mol. The molecule has 1 aromatic carbocycles. The molecule has 0 spiro atoms. The first-order valence-corrected chi connectivity index (χ1v) is 6.45. The first kappa shape index (κ1) is 11.4. The number of rotatable bonds is 1. The largest absolute Gasteiger partial charge is 0.338 e. The Bertz CT molecular complexity index is 544. The quantitative estimate of drug-likeness (QED) is 0.828. The van der Waals surface area contributed by atoms with Crippen LogP contribution in [0, 0.1) is 0 Å². The Morgan fingerprint density at radius 3 is 2.67 bits per heavy atom. The number of piperazine rings is 1. The van der Waals surface area contributed by atoms with Crippen LogP contribution < -0.4 is 10.2 Å². The summed E-state index contributed by atoms with van der Waals surface area (Å²) in [4.78, 5) is 11.4. The Balaban J connectivity index is 1.93. The number of anilines is 1. The van der Waals surface area contributed by atoms with Gasteiger partial charge in [-0.1, -0.05) is 18.2 Å². The van der Waals surface area contributed by atoms with Crippen LogP contribution in [-0.4, -0.2) is 35.1 Å². The lowest BCUT2D eigenvalue weighted by Crippen LogP contribution is -2.54. The molecule has 0 saturated carbocycles. The molecule has 4 heteroatoms. The summed E-state index contributed by atoms with van der Waals surface area (Å²) in [5.74, 6) is 0.842. The number of para-hydroxylation sites is 1. The molecule has 0 amide bonds. The van der Waals surface area contributed by atoms with Crippen LogP contribution in [0.1, 0.15) is 13.8 Å². The second-order valence-corrected chi connectivity index (χ2v) is 5.10. The van der Waals surface area contributed by atoms with Gasteiger partial charge in [0.2, 0.25) is 5.95 Å². The molecule has 0 aliphatic carbocycles. The zero-order valence-electron chi connectivity index (χ0n) is 10.8. The van der Waals surface area contributed by atoms with E-state index in [0.29, 0.717) is 12.1 Å². The second kappa shape index (κ2) is 4.53. The van der Waals surface area contributed by atoms with E-state index in [2.05, 4.69) is 34.0 Å². The third-order valence-corrected chi connectivity index (χ3v) is 3.32. The summed E-state index contributed by atoms with van der Waals surface area (Å²) in [6, 6.07) is 9.06. The van der Waals surface area contributed by atoms with Crippen molar-refractivity contribution in [3.63, 3.8) is 0 Å². The molecule has 4 nitrogen and oxygen atoms in total. The van der Waals surface area contributed by atoms with Crippen molar-refractivity contribution >= 4 is 16.9 Å². The van der Waals surface area contributed by atoms with E-state index in [0.717, 1.165) is 29.9 Å². The summed E-state index contributed by atoms with van der Waals surface area (Å²) in [5, 5.41) is 4.61. The Labute approximate surface area is 107 Å². The first-order valence-electron chi connectivity index (χ1n) is 6.45. The number of hydrogen-bond acceptors (Lipinski definition) is 4. The summed E-state index contributed by atoms with van der Waals surface area (Å²) in [6.07, 6.45) is 1.91. The van der Waals surface area contributed by atoms with Gasteiger partial charge in [-0.2, -0.15) is 0 Å². The number of hydrogen-bond donors (Lipinski definition) is 1. The zero-order valence-corrected chi connectivity index (χ0v) is 10.8. The minimum absolute atomic E-state index is 0.476. The van der Waals surface area contributed by atoms with Gasteiger partial charge in [0.1, 0.15) is 0 Å². The highest BCUT2D eigenvalue weighted by Crippen LogP contribution is 2.17. The van der Waals surface area contributed by atoms with E-state index in [4.69, 9.17) is 0 Å². The molecule has 1 aromatic heterocycles. The van der Waals surface area contributed by atoms with E-state index in [1.165, 1.54) is 0 Å². The van der Waals surface area contributed by atoms with Gasteiger partial charge in [0, 0.05) is 36.8 Å². The molecule has 3 rings (SSSR count). The first-order chi connectivity index (χ1) is 8.72. The molecule has 0 bridgehead atoms. The van der Waals surface area contributed by atoms with Gasteiger partial charge in [0.25, 0.3) is 0 Å². The third kappa shape index (κ3) is 2.16. The Morgan fingerprint density at radius 2 is 1.89 bits per heavy atom. The number of benzene rings is 1. The minimum Gasteiger partial charge on any atom is -0.338 e. The van der Waals surface area contributed by atoms with Crippen molar-refractivity contribution in [1.29, 1.82) is 0 Å². The maximum atomic E-state index is 4.65. The van der Waals surface area contributed by atoms with Crippen LogP contribution in [0.4, 0.5) is 5.95 Å². The Hall–Kier alpha value is -1.68. The average Bonchev–Trinajstić information content (AvgIpc) is 2.37. The van der Waals surface area contributed by atoms with Crippen molar-refractivity contribution in [3.8, 4) is 0 Å². The zero-order chi connectivity index (χ0) is 12.5. The van der Waals surface area contributed by atoms with E-state index in [1.54, 1.807) is 0 Å². The monoisotopic (exact) mass is 242 g/mol. The summed E-state index contributed by atoms with van der Waals surface area (Å²) in [6.45, 7) is 6.32. The summed E-state index contributed by atoms with van der Waals surface area (Å²) >= 11 is 0. The van der Waals surface area contributed by atoms with Crippen molar-refractivity contribution in [1.82, 2.24) is 15.3 Å². The van der Waals surface area contributed by atoms with Crippen LogP contribution in [-0.2, 0) is 0 Å². The highest BCUT2D eigenvalue weighted by Gasteiger charge is 2.22. The van der Waals surface area contributed by atoms with Crippen LogP contribution in [0.2, 0.25) is 0 Å². The molecule has 1 saturated heterocycles.